The molecule has 366 valence electrons. The molecule has 67 heavy (non-hydrogen) atoms. The monoisotopic (exact) mass is 959 g/mol. The number of guanidine groups is 1. The van der Waals surface area contributed by atoms with E-state index in [1.807, 2.05) is 48.5 Å². The number of anilines is 2. The topological polar surface area (TPSA) is 392 Å². The Morgan fingerprint density at radius 1 is 0.687 bits per heavy atom. The lowest BCUT2D eigenvalue weighted by Crippen LogP contribution is -2.60. The van der Waals surface area contributed by atoms with Gasteiger partial charge in [-0.25, -0.2) is 19.6 Å². The van der Waals surface area contributed by atoms with Crippen LogP contribution in [0.1, 0.15) is 53.7 Å². The maximum absolute atomic E-state index is 12.9. The number of aliphatic carboxylic acids is 2. The van der Waals surface area contributed by atoms with E-state index in [9.17, 15) is 60.0 Å². The summed E-state index contributed by atoms with van der Waals surface area (Å²) in [7, 11) is 0. The van der Waals surface area contributed by atoms with E-state index in [4.69, 9.17) is 38.3 Å². The van der Waals surface area contributed by atoms with Crippen LogP contribution in [0.4, 0.5) is 11.6 Å². The third-order valence-electron chi connectivity index (χ3n) is 11.5. The van der Waals surface area contributed by atoms with Gasteiger partial charge in [-0.15, -0.1) is 0 Å². The SMILES string of the molecule is NC(=NCCCCc1ccc(-c2ccc(CCC(=O)NCCN(CC[C@@H]3O[C@@H](C(=O)O)[C@H](O)[C@@H](O)[C@@H]3O)CC[C@@H]3O[C@@H](C(=O)O)[C@H](O)[C@@H](O)[C@@H]3O)cc2)cc1)NC(=O)c1nc(Cl)c(N)nc1N. The van der Waals surface area contributed by atoms with E-state index in [2.05, 4.69) is 25.6 Å². The molecule has 0 saturated carbocycles. The van der Waals surface area contributed by atoms with Crippen molar-refractivity contribution < 1.29 is 69.5 Å². The molecule has 0 bridgehead atoms. The average Bonchev–Trinajstić information content (AvgIpc) is 3.29. The minimum atomic E-state index is -1.86. The van der Waals surface area contributed by atoms with Gasteiger partial charge in [-0.05, 0) is 60.8 Å². The number of carbonyl (C=O) groups excluding carboxylic acids is 2. The van der Waals surface area contributed by atoms with Crippen LogP contribution in [0.25, 0.3) is 11.1 Å². The first-order valence-electron chi connectivity index (χ1n) is 21.6. The van der Waals surface area contributed by atoms with Gasteiger partial charge in [0.2, 0.25) is 5.91 Å². The van der Waals surface area contributed by atoms with E-state index >= 15 is 0 Å². The highest BCUT2D eigenvalue weighted by atomic mass is 35.5. The molecule has 23 nitrogen and oxygen atoms in total. The first-order chi connectivity index (χ1) is 31.8. The summed E-state index contributed by atoms with van der Waals surface area (Å²) in [6.45, 7) is 0.876. The van der Waals surface area contributed by atoms with E-state index in [-0.39, 0.29) is 79.8 Å². The number of hydrogen-bond acceptors (Lipinski definition) is 18. The molecule has 2 fully saturated rings. The number of nitrogens with zero attached hydrogens (tertiary/aromatic N) is 4. The Balaban J connectivity index is 1.06. The summed E-state index contributed by atoms with van der Waals surface area (Å²) < 4.78 is 10.8. The number of carboxylic acids is 2. The number of carbonyl (C=O) groups is 4. The average molecular weight is 960 g/mol. The Hall–Kier alpha value is -5.60. The highest BCUT2D eigenvalue weighted by Crippen LogP contribution is 2.27. The van der Waals surface area contributed by atoms with Crippen LogP contribution in [-0.2, 0) is 36.7 Å². The van der Waals surface area contributed by atoms with Crippen LogP contribution < -0.4 is 27.8 Å². The number of ether oxygens (including phenoxy) is 2. The Kier molecular flexibility index (Phi) is 19.1. The molecule has 16 N–H and O–H groups in total. The number of amides is 2. The van der Waals surface area contributed by atoms with Crippen molar-refractivity contribution in [2.24, 2.45) is 10.7 Å². The maximum atomic E-state index is 12.9. The van der Waals surface area contributed by atoms with Gasteiger partial charge in [-0.2, -0.15) is 0 Å². The molecule has 2 aromatic carbocycles. The number of aliphatic imine (C=N–C) groups is 1. The first-order valence-corrected chi connectivity index (χ1v) is 21.9. The van der Waals surface area contributed by atoms with Crippen LogP contribution in [0.2, 0.25) is 5.15 Å². The zero-order chi connectivity index (χ0) is 48.9. The number of rotatable bonds is 21. The van der Waals surface area contributed by atoms with Crippen LogP contribution in [0.15, 0.2) is 53.5 Å². The van der Waals surface area contributed by atoms with Gasteiger partial charge in [-0.1, -0.05) is 60.1 Å². The summed E-state index contributed by atoms with van der Waals surface area (Å²) in [5, 5.41) is 85.7. The molecule has 3 heterocycles. The number of nitrogen functional groups attached to an aromatic ring is 2. The number of aryl methyl sites for hydroxylation is 2. The lowest BCUT2D eigenvalue weighted by atomic mass is 9.92. The first kappa shape index (κ1) is 52.4. The van der Waals surface area contributed by atoms with Gasteiger partial charge in [0.15, 0.2) is 40.7 Å². The maximum Gasteiger partial charge on any atom is 0.335 e. The molecule has 10 atom stereocenters. The number of benzene rings is 2. The largest absolute Gasteiger partial charge is 0.479 e. The minimum absolute atomic E-state index is 0.0358. The summed E-state index contributed by atoms with van der Waals surface area (Å²) in [6.07, 6.45) is -13.7. The van der Waals surface area contributed by atoms with Crippen molar-refractivity contribution in [1.82, 2.24) is 25.5 Å². The molecule has 24 heteroatoms. The number of aliphatic hydroxyl groups excluding tert-OH is 6. The fourth-order valence-corrected chi connectivity index (χ4v) is 7.76. The zero-order valence-electron chi connectivity index (χ0n) is 36.3. The van der Waals surface area contributed by atoms with E-state index in [0.717, 1.165) is 35.1 Å². The number of nitrogens with two attached hydrogens (primary N) is 3. The van der Waals surface area contributed by atoms with Crippen LogP contribution >= 0.6 is 11.6 Å². The van der Waals surface area contributed by atoms with Gasteiger partial charge in [0.05, 0.1) is 12.2 Å². The summed E-state index contributed by atoms with van der Waals surface area (Å²) in [6, 6.07) is 16.0. The smallest absolute Gasteiger partial charge is 0.335 e. The van der Waals surface area contributed by atoms with Crippen molar-refractivity contribution >= 4 is 52.9 Å². The van der Waals surface area contributed by atoms with Crippen molar-refractivity contribution in [3.8, 4) is 11.1 Å². The van der Waals surface area contributed by atoms with E-state index < -0.39 is 78.9 Å². The van der Waals surface area contributed by atoms with Crippen molar-refractivity contribution in [3.05, 3.63) is 70.5 Å². The zero-order valence-corrected chi connectivity index (χ0v) is 37.1. The fraction of sp³-hybridized carbons (Fsp3) is 0.512. The molecule has 2 saturated heterocycles. The molecular weight excluding hydrogens is 902 g/mol. The van der Waals surface area contributed by atoms with Gasteiger partial charge in [0, 0.05) is 39.1 Å². The lowest BCUT2D eigenvalue weighted by molar-refractivity contribution is -0.230. The number of carboxylic acid groups (broad SMARTS) is 2. The number of hydrogen-bond donors (Lipinski definition) is 13. The molecule has 0 aliphatic carbocycles. The molecule has 0 spiro atoms. The van der Waals surface area contributed by atoms with Crippen LogP contribution in [0.5, 0.6) is 0 Å². The standard InChI is InChI=1S/C43H58ClN9O14/c44-37-39(46)51-38(45)28(50-37)40(61)52-43(47)49-16-2-1-3-21-4-9-23(10-5-21)24-11-6-22(7-12-24)8-13-27(54)48-17-20-53(18-14-25-29(55)31(57)33(59)35(66-25)41(62)63)19-15-26-30(56)32(58)34(60)36(67-26)42(64)65/h4-7,9-12,25-26,29-36,55-60H,1-3,8,13-20H2,(H,48,54)(H,62,63)(H,64,65)(H4,45,46,51)(H3,47,49,52,61)/t25-,26-,29+,30+,31-,32-,33+,34+,35+,36+/m0/s1. The molecule has 5 rings (SSSR count). The second-order valence-corrected chi connectivity index (χ2v) is 16.6. The highest BCUT2D eigenvalue weighted by Gasteiger charge is 2.48. The van der Waals surface area contributed by atoms with Gasteiger partial charge in [0.1, 0.15) is 36.6 Å². The molecule has 2 aliphatic heterocycles. The minimum Gasteiger partial charge on any atom is -0.479 e. The van der Waals surface area contributed by atoms with E-state index in [0.29, 0.717) is 19.4 Å². The van der Waals surface area contributed by atoms with Gasteiger partial charge in [0.25, 0.3) is 5.91 Å². The highest BCUT2D eigenvalue weighted by molar-refractivity contribution is 6.31. The number of halogens is 1. The van der Waals surface area contributed by atoms with E-state index in [1.165, 1.54) is 0 Å². The van der Waals surface area contributed by atoms with Crippen LogP contribution in [-0.4, -0.2) is 179 Å². The van der Waals surface area contributed by atoms with Gasteiger partial charge >= 0.3 is 11.9 Å². The summed E-state index contributed by atoms with van der Waals surface area (Å²) in [4.78, 5) is 62.1. The predicted molar refractivity (Wildman–Crippen MR) is 240 cm³/mol. The Labute approximate surface area is 389 Å². The molecule has 2 aliphatic rings. The number of aromatic nitrogens is 2. The van der Waals surface area contributed by atoms with Crippen LogP contribution in [0, 0.1) is 0 Å². The number of aliphatic hydroxyl groups is 6. The normalized spacial score (nSPS) is 25.4. The number of unbranched alkanes of at least 4 members (excludes halogenated alkanes) is 1. The Morgan fingerprint density at radius 2 is 1.19 bits per heavy atom. The van der Waals surface area contributed by atoms with Crippen molar-refractivity contribution in [1.29, 1.82) is 0 Å². The lowest BCUT2D eigenvalue weighted by Gasteiger charge is -2.40. The summed E-state index contributed by atoms with van der Waals surface area (Å²) in [5.74, 6) is -4.41. The molecule has 1 aromatic heterocycles. The molecular formula is C43H58ClN9O14. The third kappa shape index (κ3) is 14.4. The van der Waals surface area contributed by atoms with Crippen molar-refractivity contribution in [2.75, 3.05) is 44.2 Å². The van der Waals surface area contributed by atoms with E-state index in [1.54, 1.807) is 4.90 Å². The van der Waals surface area contributed by atoms with Gasteiger partial charge < -0.3 is 77.7 Å². The number of nitrogens with one attached hydrogen (secondary N) is 2. The molecule has 0 radical (unpaired) electrons. The predicted octanol–water partition coefficient (Wildman–Crippen LogP) is -1.97. The molecule has 3 aromatic rings. The summed E-state index contributed by atoms with van der Waals surface area (Å²) in [5.41, 5.74) is 20.9. The Morgan fingerprint density at radius 3 is 1.70 bits per heavy atom. The second kappa shape index (κ2) is 24.4. The van der Waals surface area contributed by atoms with Gasteiger partial charge in [-0.3, -0.25) is 19.9 Å². The molecule has 2 amide bonds. The fourth-order valence-electron chi connectivity index (χ4n) is 7.63. The third-order valence-corrected chi connectivity index (χ3v) is 11.8. The summed E-state index contributed by atoms with van der Waals surface area (Å²) >= 11 is 5.83. The Bertz CT molecular complexity index is 2140. The quantitative estimate of drug-likeness (QED) is 0.0313. The van der Waals surface area contributed by atoms with Crippen molar-refractivity contribution in [3.63, 3.8) is 0 Å². The van der Waals surface area contributed by atoms with Crippen LogP contribution in [0.3, 0.4) is 0 Å². The second-order valence-electron chi connectivity index (χ2n) is 16.3. The molecule has 0 unspecified atom stereocenters. The van der Waals surface area contributed by atoms with Crippen molar-refractivity contribution in [2.45, 2.75) is 106 Å².